The molecule has 0 aliphatic rings. The Kier molecular flexibility index (Phi) is 6.70. The van der Waals surface area contributed by atoms with Gasteiger partial charge in [0.05, 0.1) is 11.7 Å². The smallest absolute Gasteiger partial charge is 0.221 e. The van der Waals surface area contributed by atoms with Gasteiger partial charge in [0.15, 0.2) is 0 Å². The van der Waals surface area contributed by atoms with Crippen LogP contribution in [-0.4, -0.2) is 41.1 Å². The molecule has 3 rings (SSSR count). The minimum atomic E-state index is -0.220. The van der Waals surface area contributed by atoms with E-state index in [0.29, 0.717) is 5.92 Å². The summed E-state index contributed by atoms with van der Waals surface area (Å²) < 4.78 is 0. The first-order valence-corrected chi connectivity index (χ1v) is 10.3. The Labute approximate surface area is 173 Å². The Bertz CT molecular complexity index is 932. The van der Waals surface area contributed by atoms with Crippen LogP contribution in [0.2, 0.25) is 0 Å². The average molecular weight is 393 g/mol. The normalized spacial score (nSPS) is 15.0. The van der Waals surface area contributed by atoms with E-state index in [1.165, 1.54) is 11.1 Å². The highest BCUT2D eigenvalue weighted by molar-refractivity contribution is 5.79. The fourth-order valence-electron chi connectivity index (χ4n) is 4.36. The quantitative estimate of drug-likeness (QED) is 0.579. The summed E-state index contributed by atoms with van der Waals surface area (Å²) in [7, 11) is 4.15. The van der Waals surface area contributed by atoms with Gasteiger partial charge in [0, 0.05) is 17.3 Å². The molecule has 0 saturated carbocycles. The van der Waals surface area contributed by atoms with Crippen LogP contribution in [-0.2, 0) is 11.2 Å². The summed E-state index contributed by atoms with van der Waals surface area (Å²) in [6.45, 7) is 4.34. The summed E-state index contributed by atoms with van der Waals surface area (Å²) in [6.07, 6.45) is 3.43. The van der Waals surface area contributed by atoms with Gasteiger partial charge in [-0.05, 0) is 62.0 Å². The number of benzene rings is 2. The van der Waals surface area contributed by atoms with Gasteiger partial charge in [0.2, 0.25) is 5.91 Å². The maximum absolute atomic E-state index is 12.6. The first-order valence-electron chi connectivity index (χ1n) is 10.3. The van der Waals surface area contributed by atoms with E-state index < -0.39 is 0 Å². The molecule has 0 aliphatic carbocycles. The van der Waals surface area contributed by atoms with Crippen molar-refractivity contribution in [3.63, 3.8) is 0 Å². The molecule has 2 unspecified atom stereocenters. The number of likely N-dealkylation sites (N-methyl/N-ethyl adjacent to an activating group) is 1. The summed E-state index contributed by atoms with van der Waals surface area (Å²) in [6, 6.07) is 16.9. The van der Waals surface area contributed by atoms with Gasteiger partial charge >= 0.3 is 0 Å². The van der Waals surface area contributed by atoms with Gasteiger partial charge in [-0.15, -0.1) is 0 Å². The molecule has 154 valence electrons. The van der Waals surface area contributed by atoms with Gasteiger partial charge in [-0.25, -0.2) is 0 Å². The van der Waals surface area contributed by atoms with Crippen LogP contribution in [0.4, 0.5) is 0 Å². The van der Waals surface area contributed by atoms with Crippen molar-refractivity contribution in [3.8, 4) is 0 Å². The maximum Gasteiger partial charge on any atom is 0.221 e. The molecule has 5 nitrogen and oxygen atoms in total. The highest BCUT2D eigenvalue weighted by Gasteiger charge is 2.33. The third-order valence-electron chi connectivity index (χ3n) is 5.93. The van der Waals surface area contributed by atoms with E-state index >= 15 is 0 Å². The molecule has 2 aromatic carbocycles. The van der Waals surface area contributed by atoms with Gasteiger partial charge in [-0.1, -0.05) is 50.2 Å². The Morgan fingerprint density at radius 1 is 1.14 bits per heavy atom. The molecule has 1 heterocycles. The van der Waals surface area contributed by atoms with Gasteiger partial charge in [0.1, 0.15) is 0 Å². The van der Waals surface area contributed by atoms with Crippen LogP contribution in [0.15, 0.2) is 54.7 Å². The van der Waals surface area contributed by atoms with Crippen LogP contribution in [0, 0.1) is 11.8 Å². The standard InChI is InChI=1S/C24H32N4O/c1-16(2)23(18-8-6-5-7-9-18)21(24(25)29)14-20(28(3)4)13-17-10-11-22-19(12-17)15-26-27-22/h5-12,15-16,20-21,23H,13-14H2,1-4H3,(H2,25,29)(H,26,27)/t20-,21?,23?/m1/s1. The molecule has 0 aliphatic heterocycles. The van der Waals surface area contributed by atoms with E-state index in [4.69, 9.17) is 5.73 Å². The van der Waals surface area contributed by atoms with Crippen LogP contribution < -0.4 is 5.73 Å². The van der Waals surface area contributed by atoms with E-state index in [1.807, 2.05) is 24.4 Å². The lowest BCUT2D eigenvalue weighted by Crippen LogP contribution is -2.39. The van der Waals surface area contributed by atoms with Crippen LogP contribution in [0.25, 0.3) is 10.9 Å². The molecule has 29 heavy (non-hydrogen) atoms. The molecule has 0 saturated heterocycles. The highest BCUT2D eigenvalue weighted by Crippen LogP contribution is 2.35. The Balaban J connectivity index is 1.86. The summed E-state index contributed by atoms with van der Waals surface area (Å²) >= 11 is 0. The van der Waals surface area contributed by atoms with E-state index in [2.05, 4.69) is 73.4 Å². The second-order valence-corrected chi connectivity index (χ2v) is 8.54. The SMILES string of the molecule is CC(C)C(c1ccccc1)C(C[C@@H](Cc1ccc2[nH]ncc2c1)N(C)C)C(N)=O. The predicted octanol–water partition coefficient (Wildman–Crippen LogP) is 3.97. The van der Waals surface area contributed by atoms with E-state index in [-0.39, 0.29) is 23.8 Å². The maximum atomic E-state index is 12.6. The van der Waals surface area contributed by atoms with Crippen molar-refractivity contribution in [1.29, 1.82) is 0 Å². The highest BCUT2D eigenvalue weighted by atomic mass is 16.1. The number of hydrogen-bond acceptors (Lipinski definition) is 3. The monoisotopic (exact) mass is 392 g/mol. The molecule has 1 amide bonds. The second kappa shape index (κ2) is 9.23. The van der Waals surface area contributed by atoms with Crippen molar-refractivity contribution < 1.29 is 4.79 Å². The summed E-state index contributed by atoms with van der Waals surface area (Å²) in [4.78, 5) is 14.8. The molecule has 0 bridgehead atoms. The minimum Gasteiger partial charge on any atom is -0.369 e. The van der Waals surface area contributed by atoms with Crippen LogP contribution in [0.1, 0.15) is 37.3 Å². The predicted molar refractivity (Wildman–Crippen MR) is 119 cm³/mol. The van der Waals surface area contributed by atoms with Crippen molar-refractivity contribution in [2.75, 3.05) is 14.1 Å². The number of rotatable bonds is 9. The molecule has 3 aromatic rings. The second-order valence-electron chi connectivity index (χ2n) is 8.54. The molecule has 3 N–H and O–H groups in total. The zero-order valence-electron chi connectivity index (χ0n) is 17.8. The number of hydrogen-bond donors (Lipinski definition) is 2. The van der Waals surface area contributed by atoms with Crippen LogP contribution in [0.5, 0.6) is 0 Å². The number of carbonyl (C=O) groups excluding carboxylic acids is 1. The van der Waals surface area contributed by atoms with E-state index in [9.17, 15) is 4.79 Å². The van der Waals surface area contributed by atoms with Crippen molar-refractivity contribution in [1.82, 2.24) is 15.1 Å². The number of amides is 1. The average Bonchev–Trinajstić information content (AvgIpc) is 3.14. The topological polar surface area (TPSA) is 75.0 Å². The fraction of sp³-hybridized carbons (Fsp3) is 0.417. The zero-order chi connectivity index (χ0) is 21.0. The lowest BCUT2D eigenvalue weighted by Gasteiger charge is -2.34. The lowest BCUT2D eigenvalue weighted by atomic mass is 9.74. The molecule has 0 fully saturated rings. The Hall–Kier alpha value is -2.66. The summed E-state index contributed by atoms with van der Waals surface area (Å²) in [5.41, 5.74) is 9.40. The number of fused-ring (bicyclic) bond motifs is 1. The summed E-state index contributed by atoms with van der Waals surface area (Å²) in [5, 5.41) is 8.21. The first-order chi connectivity index (χ1) is 13.9. The fourth-order valence-corrected chi connectivity index (χ4v) is 4.36. The minimum absolute atomic E-state index is 0.104. The van der Waals surface area contributed by atoms with Crippen molar-refractivity contribution >= 4 is 16.8 Å². The first kappa shape index (κ1) is 21.1. The molecular formula is C24H32N4O. The van der Waals surface area contributed by atoms with Gasteiger partial charge in [-0.3, -0.25) is 9.89 Å². The molecule has 0 radical (unpaired) electrons. The third kappa shape index (κ3) is 5.04. The largest absolute Gasteiger partial charge is 0.369 e. The zero-order valence-corrected chi connectivity index (χ0v) is 17.8. The van der Waals surface area contributed by atoms with Crippen LogP contribution in [0.3, 0.4) is 0 Å². The number of nitrogens with two attached hydrogens (primary N) is 1. The number of aromatic amines is 1. The molecule has 5 heteroatoms. The molecule has 1 aromatic heterocycles. The van der Waals surface area contributed by atoms with E-state index in [0.717, 1.165) is 23.7 Å². The van der Waals surface area contributed by atoms with Gasteiger partial charge in [-0.2, -0.15) is 5.10 Å². The molecule has 0 spiro atoms. The van der Waals surface area contributed by atoms with Crippen molar-refractivity contribution in [2.24, 2.45) is 17.6 Å². The number of carbonyl (C=O) groups is 1. The number of nitrogens with one attached hydrogen (secondary N) is 1. The number of H-pyrrole nitrogens is 1. The summed E-state index contributed by atoms with van der Waals surface area (Å²) in [5.74, 6) is -0.0142. The van der Waals surface area contributed by atoms with Crippen molar-refractivity contribution in [2.45, 2.75) is 38.6 Å². The van der Waals surface area contributed by atoms with Crippen LogP contribution >= 0.6 is 0 Å². The lowest BCUT2D eigenvalue weighted by molar-refractivity contribution is -0.123. The molecule has 3 atom stereocenters. The number of nitrogens with zero attached hydrogens (tertiary/aromatic N) is 2. The third-order valence-corrected chi connectivity index (χ3v) is 5.93. The van der Waals surface area contributed by atoms with Gasteiger partial charge in [0.25, 0.3) is 0 Å². The van der Waals surface area contributed by atoms with Crippen molar-refractivity contribution in [3.05, 3.63) is 65.9 Å². The number of aromatic nitrogens is 2. The van der Waals surface area contributed by atoms with E-state index in [1.54, 1.807) is 0 Å². The number of primary amides is 1. The van der Waals surface area contributed by atoms with Gasteiger partial charge < -0.3 is 10.6 Å². The Morgan fingerprint density at radius 2 is 1.86 bits per heavy atom. The molecular weight excluding hydrogens is 360 g/mol. The Morgan fingerprint density at radius 3 is 2.48 bits per heavy atom.